The Morgan fingerprint density at radius 2 is 2.00 bits per heavy atom. The van der Waals surface area contributed by atoms with E-state index in [1.54, 1.807) is 24.3 Å². The summed E-state index contributed by atoms with van der Waals surface area (Å²) in [7, 11) is 0. The van der Waals surface area contributed by atoms with E-state index < -0.39 is 0 Å². The van der Waals surface area contributed by atoms with Crippen molar-refractivity contribution in [1.82, 2.24) is 5.48 Å². The largest absolute Gasteiger partial charge is 0.274 e. The molecule has 4 heteroatoms. The molecule has 0 spiro atoms. The molecule has 1 amide bonds. The van der Waals surface area contributed by atoms with Crippen LogP contribution in [-0.2, 0) is 4.84 Å². The SMILES string of the molecule is CC(C)CONC(=O)c1ccc(Cl)cc1. The fourth-order valence-corrected chi connectivity index (χ4v) is 1.06. The molecule has 1 aromatic carbocycles. The molecule has 0 radical (unpaired) electrons. The van der Waals surface area contributed by atoms with Crippen LogP contribution in [0.25, 0.3) is 0 Å². The summed E-state index contributed by atoms with van der Waals surface area (Å²) in [5.41, 5.74) is 2.90. The van der Waals surface area contributed by atoms with Gasteiger partial charge in [0.25, 0.3) is 5.91 Å². The molecule has 0 heterocycles. The molecule has 0 aliphatic heterocycles. The summed E-state index contributed by atoms with van der Waals surface area (Å²) >= 11 is 5.70. The number of nitrogens with one attached hydrogen (secondary N) is 1. The van der Waals surface area contributed by atoms with E-state index in [-0.39, 0.29) is 5.91 Å². The highest BCUT2D eigenvalue weighted by molar-refractivity contribution is 6.30. The maximum absolute atomic E-state index is 11.5. The second kappa shape index (κ2) is 5.73. The van der Waals surface area contributed by atoms with Crippen LogP contribution >= 0.6 is 11.6 Å². The number of hydroxylamine groups is 1. The first-order valence-corrected chi connectivity index (χ1v) is 5.15. The lowest BCUT2D eigenvalue weighted by Crippen LogP contribution is -2.25. The molecule has 0 aliphatic carbocycles. The van der Waals surface area contributed by atoms with Crippen molar-refractivity contribution in [2.45, 2.75) is 13.8 Å². The zero-order valence-electron chi connectivity index (χ0n) is 8.79. The fraction of sp³-hybridized carbons (Fsp3) is 0.364. The van der Waals surface area contributed by atoms with Gasteiger partial charge in [0.15, 0.2) is 0 Å². The Morgan fingerprint density at radius 3 is 2.53 bits per heavy atom. The van der Waals surface area contributed by atoms with Crippen LogP contribution in [0, 0.1) is 5.92 Å². The van der Waals surface area contributed by atoms with Crippen molar-refractivity contribution in [3.8, 4) is 0 Å². The van der Waals surface area contributed by atoms with Crippen molar-refractivity contribution in [1.29, 1.82) is 0 Å². The molecule has 0 saturated carbocycles. The standard InChI is InChI=1S/C11H14ClNO2/c1-8(2)7-15-13-11(14)9-3-5-10(12)6-4-9/h3-6,8H,7H2,1-2H3,(H,13,14). The predicted molar refractivity (Wildman–Crippen MR) is 59.7 cm³/mol. The average Bonchev–Trinajstić information content (AvgIpc) is 2.18. The van der Waals surface area contributed by atoms with E-state index in [0.29, 0.717) is 23.1 Å². The average molecular weight is 228 g/mol. The molecule has 0 aromatic heterocycles. The monoisotopic (exact) mass is 227 g/mol. The van der Waals surface area contributed by atoms with Crippen LogP contribution in [0.1, 0.15) is 24.2 Å². The molecule has 0 bridgehead atoms. The molecule has 0 atom stereocenters. The Labute approximate surface area is 94.3 Å². The highest BCUT2D eigenvalue weighted by Gasteiger charge is 2.04. The molecule has 15 heavy (non-hydrogen) atoms. The van der Waals surface area contributed by atoms with E-state index >= 15 is 0 Å². The minimum Gasteiger partial charge on any atom is -0.273 e. The Morgan fingerprint density at radius 1 is 1.40 bits per heavy atom. The third-order valence-corrected chi connectivity index (χ3v) is 1.94. The molecule has 1 rings (SSSR count). The van der Waals surface area contributed by atoms with Gasteiger partial charge in [-0.15, -0.1) is 0 Å². The van der Waals surface area contributed by atoms with Gasteiger partial charge in [0, 0.05) is 10.6 Å². The molecule has 3 nitrogen and oxygen atoms in total. The van der Waals surface area contributed by atoms with Crippen LogP contribution in [0.4, 0.5) is 0 Å². The van der Waals surface area contributed by atoms with E-state index in [1.165, 1.54) is 0 Å². The zero-order valence-corrected chi connectivity index (χ0v) is 9.54. The maximum atomic E-state index is 11.5. The summed E-state index contributed by atoms with van der Waals surface area (Å²) in [5, 5.41) is 0.606. The summed E-state index contributed by atoms with van der Waals surface area (Å²) in [5.74, 6) is 0.128. The highest BCUT2D eigenvalue weighted by Crippen LogP contribution is 2.09. The van der Waals surface area contributed by atoms with Gasteiger partial charge in [0.2, 0.25) is 0 Å². The first kappa shape index (κ1) is 12.0. The summed E-state index contributed by atoms with van der Waals surface area (Å²) in [6.45, 7) is 4.52. The van der Waals surface area contributed by atoms with Gasteiger partial charge in [-0.25, -0.2) is 5.48 Å². The molecule has 1 N–H and O–H groups in total. The van der Waals surface area contributed by atoms with Crippen molar-refractivity contribution in [2.24, 2.45) is 5.92 Å². The number of carbonyl (C=O) groups is 1. The van der Waals surface area contributed by atoms with Crippen molar-refractivity contribution >= 4 is 17.5 Å². The number of amides is 1. The lowest BCUT2D eigenvalue weighted by Gasteiger charge is -2.07. The predicted octanol–water partition coefficient (Wildman–Crippen LogP) is 2.66. The number of carbonyl (C=O) groups excluding carboxylic acids is 1. The number of rotatable bonds is 4. The van der Waals surface area contributed by atoms with Gasteiger partial charge in [-0.3, -0.25) is 9.63 Å². The van der Waals surface area contributed by atoms with Crippen molar-refractivity contribution in [2.75, 3.05) is 6.61 Å². The highest BCUT2D eigenvalue weighted by atomic mass is 35.5. The topological polar surface area (TPSA) is 38.3 Å². The number of hydrogen-bond donors (Lipinski definition) is 1. The van der Waals surface area contributed by atoms with Gasteiger partial charge in [-0.1, -0.05) is 25.4 Å². The van der Waals surface area contributed by atoms with E-state index in [4.69, 9.17) is 16.4 Å². The second-order valence-electron chi connectivity index (χ2n) is 3.64. The Bertz CT molecular complexity index is 322. The Balaban J connectivity index is 2.43. The third-order valence-electron chi connectivity index (χ3n) is 1.69. The number of hydrogen-bond acceptors (Lipinski definition) is 2. The van der Waals surface area contributed by atoms with Crippen LogP contribution in [0.15, 0.2) is 24.3 Å². The second-order valence-corrected chi connectivity index (χ2v) is 4.08. The smallest absolute Gasteiger partial charge is 0.273 e. The fourth-order valence-electron chi connectivity index (χ4n) is 0.934. The summed E-state index contributed by atoms with van der Waals surface area (Å²) < 4.78 is 0. The van der Waals surface area contributed by atoms with Gasteiger partial charge < -0.3 is 0 Å². The van der Waals surface area contributed by atoms with Gasteiger partial charge >= 0.3 is 0 Å². The van der Waals surface area contributed by atoms with Crippen LogP contribution in [0.2, 0.25) is 5.02 Å². The van der Waals surface area contributed by atoms with Crippen molar-refractivity contribution < 1.29 is 9.63 Å². The lowest BCUT2D eigenvalue weighted by molar-refractivity contribution is 0.0208. The molecule has 0 saturated heterocycles. The van der Waals surface area contributed by atoms with Crippen LogP contribution in [0.3, 0.4) is 0 Å². The number of benzene rings is 1. The molecule has 0 fully saturated rings. The molecule has 0 unspecified atom stereocenters. The van der Waals surface area contributed by atoms with E-state index in [9.17, 15) is 4.79 Å². The molecule has 1 aromatic rings. The molecular weight excluding hydrogens is 214 g/mol. The third kappa shape index (κ3) is 4.32. The van der Waals surface area contributed by atoms with Crippen LogP contribution in [-0.4, -0.2) is 12.5 Å². The van der Waals surface area contributed by atoms with Crippen LogP contribution in [0.5, 0.6) is 0 Å². The first-order valence-electron chi connectivity index (χ1n) is 4.77. The van der Waals surface area contributed by atoms with Gasteiger partial charge in [0.05, 0.1) is 6.61 Å². The number of halogens is 1. The summed E-state index contributed by atoms with van der Waals surface area (Å²) in [4.78, 5) is 16.5. The summed E-state index contributed by atoms with van der Waals surface area (Å²) in [6.07, 6.45) is 0. The van der Waals surface area contributed by atoms with E-state index in [1.807, 2.05) is 13.8 Å². The summed E-state index contributed by atoms with van der Waals surface area (Å²) in [6, 6.07) is 6.63. The maximum Gasteiger partial charge on any atom is 0.274 e. The van der Waals surface area contributed by atoms with Gasteiger partial charge in [-0.05, 0) is 30.2 Å². The molecule has 82 valence electrons. The molecular formula is C11H14ClNO2. The van der Waals surface area contributed by atoms with Crippen LogP contribution < -0.4 is 5.48 Å². The Kier molecular flexibility index (Phi) is 4.59. The van der Waals surface area contributed by atoms with Gasteiger partial charge in [-0.2, -0.15) is 0 Å². The van der Waals surface area contributed by atoms with Gasteiger partial charge in [0.1, 0.15) is 0 Å². The van der Waals surface area contributed by atoms with E-state index in [0.717, 1.165) is 0 Å². The minimum absolute atomic E-state index is 0.257. The quantitative estimate of drug-likeness (QED) is 0.804. The van der Waals surface area contributed by atoms with E-state index in [2.05, 4.69) is 5.48 Å². The minimum atomic E-state index is -0.257. The molecule has 0 aliphatic rings. The Hall–Kier alpha value is -1.06. The van der Waals surface area contributed by atoms with Crippen molar-refractivity contribution in [3.05, 3.63) is 34.9 Å². The van der Waals surface area contributed by atoms with Crippen molar-refractivity contribution in [3.63, 3.8) is 0 Å². The zero-order chi connectivity index (χ0) is 11.3. The lowest BCUT2D eigenvalue weighted by atomic mass is 10.2. The first-order chi connectivity index (χ1) is 7.09. The normalized spacial score (nSPS) is 10.4.